The van der Waals surface area contributed by atoms with Crippen molar-refractivity contribution in [1.82, 2.24) is 4.90 Å². The molecule has 0 radical (unpaired) electrons. The Bertz CT molecular complexity index is 207. The minimum atomic E-state index is -3.37. The van der Waals surface area contributed by atoms with E-state index in [1.165, 1.54) is 4.90 Å². The molecule has 0 bridgehead atoms. The molecule has 0 saturated carbocycles. The number of halogens is 2. The second-order valence-electron chi connectivity index (χ2n) is 3.85. The summed E-state index contributed by atoms with van der Waals surface area (Å²) in [6.07, 6.45) is -2.58. The van der Waals surface area contributed by atoms with Crippen LogP contribution < -0.4 is 0 Å². The van der Waals surface area contributed by atoms with Crippen LogP contribution in [0.15, 0.2) is 0 Å². The first-order chi connectivity index (χ1) is 6.38. The molecular weight excluding hydrogens is 192 g/mol. The Labute approximate surface area is 82.0 Å². The Morgan fingerprint density at radius 3 is 2.36 bits per heavy atom. The summed E-state index contributed by atoms with van der Waals surface area (Å²) in [5, 5.41) is 0. The van der Waals surface area contributed by atoms with E-state index in [2.05, 4.69) is 11.7 Å². The third-order valence-electron chi connectivity index (χ3n) is 2.31. The highest BCUT2D eigenvalue weighted by atomic mass is 19.3. The van der Waals surface area contributed by atoms with Gasteiger partial charge in [-0.1, -0.05) is 6.92 Å². The topological polar surface area (TPSA) is 29.5 Å². The number of ether oxygens (including phenoxy) is 1. The highest BCUT2D eigenvalue weighted by molar-refractivity contribution is 5.67. The number of piperidine rings is 1. The minimum Gasteiger partial charge on any atom is -0.384 e. The van der Waals surface area contributed by atoms with Crippen molar-refractivity contribution in [3.8, 4) is 0 Å². The largest absolute Gasteiger partial charge is 0.414 e. The lowest BCUT2D eigenvalue weighted by atomic mass is 10.00. The van der Waals surface area contributed by atoms with Gasteiger partial charge in [-0.25, -0.2) is 4.79 Å². The Kier molecular flexibility index (Phi) is 3.29. The number of carbonyl (C=O) groups excluding carboxylic acids is 1. The van der Waals surface area contributed by atoms with Crippen LogP contribution in [0.2, 0.25) is 0 Å². The van der Waals surface area contributed by atoms with E-state index in [1.54, 1.807) is 0 Å². The molecule has 0 atom stereocenters. The first-order valence-corrected chi connectivity index (χ1v) is 4.74. The van der Waals surface area contributed by atoms with E-state index in [0.717, 1.165) is 12.8 Å². The third-order valence-corrected chi connectivity index (χ3v) is 2.31. The van der Waals surface area contributed by atoms with Gasteiger partial charge in [-0.15, -0.1) is 0 Å². The second-order valence-corrected chi connectivity index (χ2v) is 3.85. The van der Waals surface area contributed by atoms with Gasteiger partial charge in [0, 0.05) is 20.0 Å². The number of rotatable bonds is 1. The lowest BCUT2D eigenvalue weighted by Gasteiger charge is -2.30. The van der Waals surface area contributed by atoms with Crippen LogP contribution in [-0.4, -0.2) is 30.2 Å². The van der Waals surface area contributed by atoms with Crippen molar-refractivity contribution in [1.29, 1.82) is 0 Å². The molecule has 1 rings (SSSR count). The molecule has 1 heterocycles. The maximum atomic E-state index is 12.3. The van der Waals surface area contributed by atoms with Gasteiger partial charge in [0.05, 0.1) is 0 Å². The molecular formula is C9H15F2NO2. The van der Waals surface area contributed by atoms with Crippen LogP contribution in [0, 0.1) is 5.92 Å². The summed E-state index contributed by atoms with van der Waals surface area (Å²) in [4.78, 5) is 12.5. The lowest BCUT2D eigenvalue weighted by molar-refractivity contribution is -0.189. The highest BCUT2D eigenvalue weighted by Crippen LogP contribution is 2.20. The average molecular weight is 207 g/mol. The van der Waals surface area contributed by atoms with Crippen molar-refractivity contribution in [2.24, 2.45) is 5.92 Å². The van der Waals surface area contributed by atoms with Crippen LogP contribution in [0.1, 0.15) is 26.7 Å². The molecule has 1 amide bonds. The molecule has 1 aliphatic heterocycles. The molecule has 3 nitrogen and oxygen atoms in total. The number of hydrogen-bond acceptors (Lipinski definition) is 2. The summed E-state index contributed by atoms with van der Waals surface area (Å²) < 4.78 is 28.6. The molecule has 14 heavy (non-hydrogen) atoms. The molecule has 0 aromatic heterocycles. The SMILES string of the molecule is CC1CCN(C(=O)OC(C)(F)F)CC1. The summed E-state index contributed by atoms with van der Waals surface area (Å²) in [7, 11) is 0. The Morgan fingerprint density at radius 1 is 1.43 bits per heavy atom. The standard InChI is InChI=1S/C9H15F2NO2/c1-7-3-5-12(6-4-7)8(13)14-9(2,10)11/h7H,3-6H2,1-2H3. The quantitative estimate of drug-likeness (QED) is 0.661. The molecule has 0 aliphatic carbocycles. The van der Waals surface area contributed by atoms with Crippen molar-refractivity contribution in [2.75, 3.05) is 13.1 Å². The normalized spacial score (nSPS) is 19.6. The predicted molar refractivity (Wildman–Crippen MR) is 47.1 cm³/mol. The molecule has 0 spiro atoms. The van der Waals surface area contributed by atoms with E-state index in [0.29, 0.717) is 25.9 Å². The fraction of sp³-hybridized carbons (Fsp3) is 0.889. The van der Waals surface area contributed by atoms with E-state index < -0.39 is 12.2 Å². The first-order valence-electron chi connectivity index (χ1n) is 4.74. The fourth-order valence-corrected chi connectivity index (χ4v) is 1.41. The first kappa shape index (κ1) is 11.2. The zero-order chi connectivity index (χ0) is 10.8. The van der Waals surface area contributed by atoms with Gasteiger partial charge in [-0.2, -0.15) is 8.78 Å². The van der Waals surface area contributed by atoms with Crippen LogP contribution in [-0.2, 0) is 4.74 Å². The van der Waals surface area contributed by atoms with Gasteiger partial charge < -0.3 is 9.64 Å². The van der Waals surface area contributed by atoms with Crippen LogP contribution in [0.3, 0.4) is 0 Å². The number of nitrogens with zero attached hydrogens (tertiary/aromatic N) is 1. The van der Waals surface area contributed by atoms with E-state index >= 15 is 0 Å². The Hall–Kier alpha value is -0.870. The molecule has 1 saturated heterocycles. The number of carbonyl (C=O) groups is 1. The molecule has 82 valence electrons. The maximum absolute atomic E-state index is 12.3. The number of alkyl halides is 2. The lowest BCUT2D eigenvalue weighted by Crippen LogP contribution is -2.40. The summed E-state index contributed by atoms with van der Waals surface area (Å²) >= 11 is 0. The van der Waals surface area contributed by atoms with E-state index in [-0.39, 0.29) is 0 Å². The minimum absolute atomic E-state index is 0.510. The highest BCUT2D eigenvalue weighted by Gasteiger charge is 2.30. The summed E-state index contributed by atoms with van der Waals surface area (Å²) in [5.41, 5.74) is 0. The van der Waals surface area contributed by atoms with Gasteiger partial charge in [-0.05, 0) is 18.8 Å². The van der Waals surface area contributed by atoms with Crippen molar-refractivity contribution in [3.05, 3.63) is 0 Å². The van der Waals surface area contributed by atoms with Crippen molar-refractivity contribution < 1.29 is 18.3 Å². The maximum Gasteiger partial charge on any atom is 0.414 e. The average Bonchev–Trinajstić information content (AvgIpc) is 2.02. The Balaban J connectivity index is 2.38. The van der Waals surface area contributed by atoms with Gasteiger partial charge in [0.1, 0.15) is 0 Å². The van der Waals surface area contributed by atoms with E-state index in [1.807, 2.05) is 0 Å². The van der Waals surface area contributed by atoms with E-state index in [9.17, 15) is 13.6 Å². The molecule has 0 aromatic carbocycles. The van der Waals surface area contributed by atoms with Crippen LogP contribution in [0.25, 0.3) is 0 Å². The van der Waals surface area contributed by atoms with Gasteiger partial charge in [0.2, 0.25) is 0 Å². The zero-order valence-electron chi connectivity index (χ0n) is 8.43. The Morgan fingerprint density at radius 2 is 1.93 bits per heavy atom. The van der Waals surface area contributed by atoms with Crippen LogP contribution in [0.4, 0.5) is 13.6 Å². The van der Waals surface area contributed by atoms with E-state index in [4.69, 9.17) is 0 Å². The summed E-state index contributed by atoms with van der Waals surface area (Å²) in [5.74, 6) is 0.557. The number of amides is 1. The molecule has 0 unspecified atom stereocenters. The molecule has 0 aromatic rings. The predicted octanol–water partition coefficient (Wildman–Crippen LogP) is 2.47. The fourth-order valence-electron chi connectivity index (χ4n) is 1.41. The van der Waals surface area contributed by atoms with Gasteiger partial charge in [0.25, 0.3) is 0 Å². The molecule has 1 aliphatic rings. The summed E-state index contributed by atoms with van der Waals surface area (Å²) in [6.45, 7) is 3.67. The smallest absolute Gasteiger partial charge is 0.384 e. The van der Waals surface area contributed by atoms with Crippen LogP contribution in [0.5, 0.6) is 0 Å². The van der Waals surface area contributed by atoms with Crippen molar-refractivity contribution in [3.63, 3.8) is 0 Å². The zero-order valence-corrected chi connectivity index (χ0v) is 8.43. The number of hydrogen-bond donors (Lipinski definition) is 0. The summed E-state index contributed by atoms with van der Waals surface area (Å²) in [6, 6.07) is 0. The third kappa shape index (κ3) is 3.47. The monoisotopic (exact) mass is 207 g/mol. The molecule has 5 heteroatoms. The van der Waals surface area contributed by atoms with Gasteiger partial charge in [0.15, 0.2) is 0 Å². The molecule has 0 N–H and O–H groups in total. The number of likely N-dealkylation sites (tertiary alicyclic amines) is 1. The van der Waals surface area contributed by atoms with Crippen LogP contribution >= 0.6 is 0 Å². The van der Waals surface area contributed by atoms with Gasteiger partial charge >= 0.3 is 12.2 Å². The molecule has 1 fully saturated rings. The van der Waals surface area contributed by atoms with Gasteiger partial charge in [-0.3, -0.25) is 0 Å². The van der Waals surface area contributed by atoms with Crippen molar-refractivity contribution >= 4 is 6.09 Å². The van der Waals surface area contributed by atoms with Crippen molar-refractivity contribution in [2.45, 2.75) is 32.8 Å². The second kappa shape index (κ2) is 4.11.